The smallest absolute Gasteiger partial charge is 0.243 e. The number of nitrogens with one attached hydrogen (secondary N) is 1. The van der Waals surface area contributed by atoms with E-state index in [0.29, 0.717) is 32.4 Å². The van der Waals surface area contributed by atoms with E-state index in [1.54, 1.807) is 4.90 Å². The fraction of sp³-hybridized carbons (Fsp3) is 0.250. The fourth-order valence-corrected chi connectivity index (χ4v) is 4.87. The Morgan fingerprint density at radius 1 is 0.838 bits per heavy atom. The second-order valence-corrected chi connectivity index (χ2v) is 10.2. The number of fused-ring (bicyclic) bond motifs is 1. The normalized spacial score (nSPS) is 11.7. The zero-order valence-corrected chi connectivity index (χ0v) is 22.8. The van der Waals surface area contributed by atoms with Gasteiger partial charge in [-0.2, -0.15) is 0 Å². The standard InChI is InChI=1S/C32H33BrN2O2/c1-2-21-34-32(37)30(22-24-9-4-3-5-10-24)35(23-25-15-18-28(33)19-16-25)31(36)20-17-27-13-8-12-26-11-6-7-14-29(26)27/h3-16,18-19,30H,2,17,20-23H2,1H3,(H,34,37)/t30-/m1/s1. The Morgan fingerprint density at radius 3 is 2.30 bits per heavy atom. The van der Waals surface area contributed by atoms with E-state index in [1.807, 2.05) is 79.7 Å². The second-order valence-electron chi connectivity index (χ2n) is 9.28. The molecule has 4 rings (SSSR count). The Kier molecular flexibility index (Phi) is 9.50. The molecule has 2 amide bonds. The van der Waals surface area contributed by atoms with Crippen LogP contribution in [0.25, 0.3) is 10.8 Å². The number of hydrogen-bond acceptors (Lipinski definition) is 2. The Labute approximate surface area is 227 Å². The number of rotatable bonds is 11. The van der Waals surface area contributed by atoms with E-state index >= 15 is 0 Å². The number of carbonyl (C=O) groups is 2. The molecule has 37 heavy (non-hydrogen) atoms. The van der Waals surface area contributed by atoms with Crippen LogP contribution in [0, 0.1) is 0 Å². The van der Waals surface area contributed by atoms with Gasteiger partial charge in [-0.1, -0.05) is 108 Å². The summed E-state index contributed by atoms with van der Waals surface area (Å²) >= 11 is 3.49. The molecule has 0 radical (unpaired) electrons. The second kappa shape index (κ2) is 13.2. The molecule has 190 valence electrons. The molecule has 0 saturated carbocycles. The van der Waals surface area contributed by atoms with Crippen molar-refractivity contribution in [1.29, 1.82) is 0 Å². The van der Waals surface area contributed by atoms with Crippen molar-refractivity contribution in [1.82, 2.24) is 10.2 Å². The lowest BCUT2D eigenvalue weighted by Crippen LogP contribution is -2.50. The number of carbonyl (C=O) groups excluding carboxylic acids is 2. The van der Waals surface area contributed by atoms with Gasteiger partial charge in [-0.15, -0.1) is 0 Å². The summed E-state index contributed by atoms with van der Waals surface area (Å²) in [6.07, 6.45) is 2.25. The van der Waals surface area contributed by atoms with Crippen LogP contribution in [0.2, 0.25) is 0 Å². The summed E-state index contributed by atoms with van der Waals surface area (Å²) in [6, 6.07) is 31.7. The first-order valence-corrected chi connectivity index (χ1v) is 13.7. The van der Waals surface area contributed by atoms with Gasteiger partial charge in [-0.3, -0.25) is 9.59 Å². The highest BCUT2D eigenvalue weighted by Gasteiger charge is 2.30. The van der Waals surface area contributed by atoms with Crippen molar-refractivity contribution < 1.29 is 9.59 Å². The molecule has 4 aromatic rings. The molecule has 0 fully saturated rings. The largest absolute Gasteiger partial charge is 0.354 e. The molecule has 0 saturated heterocycles. The molecule has 1 atom stereocenters. The average molecular weight is 558 g/mol. The van der Waals surface area contributed by atoms with E-state index in [0.717, 1.165) is 27.6 Å². The van der Waals surface area contributed by atoms with E-state index in [4.69, 9.17) is 0 Å². The van der Waals surface area contributed by atoms with Gasteiger partial charge in [0.1, 0.15) is 6.04 Å². The number of hydrogen-bond donors (Lipinski definition) is 1. The monoisotopic (exact) mass is 556 g/mol. The summed E-state index contributed by atoms with van der Waals surface area (Å²) in [7, 11) is 0. The average Bonchev–Trinajstić information content (AvgIpc) is 2.93. The predicted octanol–water partition coefficient (Wildman–Crippen LogP) is 6.70. The van der Waals surface area contributed by atoms with Crippen LogP contribution in [0.5, 0.6) is 0 Å². The Hall–Kier alpha value is -3.44. The van der Waals surface area contributed by atoms with E-state index in [-0.39, 0.29) is 11.8 Å². The number of halogens is 1. The predicted molar refractivity (Wildman–Crippen MR) is 154 cm³/mol. The number of amides is 2. The highest BCUT2D eigenvalue weighted by molar-refractivity contribution is 9.10. The van der Waals surface area contributed by atoms with Crippen LogP contribution in [-0.2, 0) is 29.0 Å². The highest BCUT2D eigenvalue weighted by Crippen LogP contribution is 2.22. The van der Waals surface area contributed by atoms with Crippen molar-refractivity contribution in [2.24, 2.45) is 0 Å². The van der Waals surface area contributed by atoms with Crippen molar-refractivity contribution in [2.75, 3.05) is 6.54 Å². The van der Waals surface area contributed by atoms with Gasteiger partial charge in [0.25, 0.3) is 0 Å². The first kappa shape index (κ1) is 26.6. The third kappa shape index (κ3) is 7.30. The lowest BCUT2D eigenvalue weighted by Gasteiger charge is -2.32. The molecule has 0 aliphatic heterocycles. The van der Waals surface area contributed by atoms with Gasteiger partial charge < -0.3 is 10.2 Å². The van der Waals surface area contributed by atoms with Gasteiger partial charge in [0.05, 0.1) is 0 Å². The Balaban J connectivity index is 1.62. The fourth-order valence-electron chi connectivity index (χ4n) is 4.60. The van der Waals surface area contributed by atoms with E-state index in [9.17, 15) is 9.59 Å². The van der Waals surface area contributed by atoms with Gasteiger partial charge in [0.15, 0.2) is 0 Å². The van der Waals surface area contributed by atoms with Crippen LogP contribution in [0.15, 0.2) is 102 Å². The van der Waals surface area contributed by atoms with E-state index < -0.39 is 6.04 Å². The summed E-state index contributed by atoms with van der Waals surface area (Å²) in [5.74, 6) is -0.134. The van der Waals surface area contributed by atoms with E-state index in [2.05, 4.69) is 45.5 Å². The topological polar surface area (TPSA) is 49.4 Å². The number of aryl methyl sites for hydroxylation is 1. The lowest BCUT2D eigenvalue weighted by molar-refractivity contribution is -0.141. The lowest BCUT2D eigenvalue weighted by atomic mass is 9.99. The molecule has 0 unspecified atom stereocenters. The maximum absolute atomic E-state index is 13.9. The molecule has 4 nitrogen and oxygen atoms in total. The number of benzene rings is 4. The summed E-state index contributed by atoms with van der Waals surface area (Å²) < 4.78 is 0.978. The SMILES string of the molecule is CCCNC(=O)[C@@H](Cc1ccccc1)N(Cc1ccc(Br)cc1)C(=O)CCc1cccc2ccccc12. The highest BCUT2D eigenvalue weighted by atomic mass is 79.9. The summed E-state index contributed by atoms with van der Waals surface area (Å²) in [5, 5.41) is 5.37. The Bertz CT molecular complexity index is 1320. The van der Waals surface area contributed by atoms with Crippen molar-refractivity contribution in [2.45, 2.75) is 45.2 Å². The minimum absolute atomic E-state index is 0.0246. The Morgan fingerprint density at radius 2 is 1.54 bits per heavy atom. The maximum atomic E-state index is 13.9. The summed E-state index contributed by atoms with van der Waals surface area (Å²) in [4.78, 5) is 29.1. The third-order valence-corrected chi connectivity index (χ3v) is 7.10. The minimum Gasteiger partial charge on any atom is -0.354 e. The number of nitrogens with zero attached hydrogens (tertiary/aromatic N) is 1. The van der Waals surface area contributed by atoms with Gasteiger partial charge in [0.2, 0.25) is 11.8 Å². The minimum atomic E-state index is -0.599. The van der Waals surface area contributed by atoms with Crippen molar-refractivity contribution in [3.05, 3.63) is 118 Å². The molecule has 0 aliphatic carbocycles. The molecule has 0 bridgehead atoms. The van der Waals surface area contributed by atoms with Crippen molar-refractivity contribution in [3.8, 4) is 0 Å². The van der Waals surface area contributed by atoms with E-state index in [1.165, 1.54) is 10.8 Å². The van der Waals surface area contributed by atoms with Crippen LogP contribution in [0.1, 0.15) is 36.5 Å². The van der Waals surface area contributed by atoms with Crippen LogP contribution < -0.4 is 5.32 Å². The van der Waals surface area contributed by atoms with Gasteiger partial charge >= 0.3 is 0 Å². The molecule has 4 aromatic carbocycles. The molecule has 0 aromatic heterocycles. The van der Waals surface area contributed by atoms with Crippen LogP contribution in [0.3, 0.4) is 0 Å². The zero-order chi connectivity index (χ0) is 26.0. The molecular weight excluding hydrogens is 524 g/mol. The maximum Gasteiger partial charge on any atom is 0.243 e. The quantitative estimate of drug-likeness (QED) is 0.223. The summed E-state index contributed by atoms with van der Waals surface area (Å²) in [6.45, 7) is 2.99. The molecule has 0 heterocycles. The molecule has 0 spiro atoms. The molecule has 1 N–H and O–H groups in total. The summed E-state index contributed by atoms with van der Waals surface area (Å²) in [5.41, 5.74) is 3.16. The zero-order valence-electron chi connectivity index (χ0n) is 21.2. The molecular formula is C32H33BrN2O2. The van der Waals surface area contributed by atoms with Crippen LogP contribution >= 0.6 is 15.9 Å². The molecule has 5 heteroatoms. The van der Waals surface area contributed by atoms with Gasteiger partial charge in [-0.25, -0.2) is 0 Å². The van der Waals surface area contributed by atoms with Crippen LogP contribution in [0.4, 0.5) is 0 Å². The van der Waals surface area contributed by atoms with Crippen molar-refractivity contribution in [3.63, 3.8) is 0 Å². The van der Waals surface area contributed by atoms with Gasteiger partial charge in [0, 0.05) is 30.4 Å². The van der Waals surface area contributed by atoms with Crippen molar-refractivity contribution >= 4 is 38.5 Å². The molecule has 0 aliphatic rings. The van der Waals surface area contributed by atoms with Gasteiger partial charge in [-0.05, 0) is 52.4 Å². The first-order chi connectivity index (χ1) is 18.0. The first-order valence-electron chi connectivity index (χ1n) is 12.9. The van der Waals surface area contributed by atoms with Crippen LogP contribution in [-0.4, -0.2) is 29.3 Å². The third-order valence-electron chi connectivity index (χ3n) is 6.57.